The molecule has 2 aliphatic rings. The first-order valence-electron chi connectivity index (χ1n) is 5.00. The van der Waals surface area contributed by atoms with Gasteiger partial charge in [0.2, 0.25) is 0 Å². The summed E-state index contributed by atoms with van der Waals surface area (Å²) in [5.74, 6) is 0.687. The number of hydrogen-bond acceptors (Lipinski definition) is 2. The van der Waals surface area contributed by atoms with E-state index in [4.69, 9.17) is 0 Å². The second-order valence-corrected chi connectivity index (χ2v) is 3.99. The van der Waals surface area contributed by atoms with Crippen LogP contribution in [-0.4, -0.2) is 43.5 Å². The van der Waals surface area contributed by atoms with Crippen LogP contribution in [0, 0.1) is 5.92 Å². The minimum atomic E-state index is -2.18. The van der Waals surface area contributed by atoms with Crippen molar-refractivity contribution >= 4 is 0 Å². The molecule has 1 unspecified atom stereocenters. The number of hydrogen-bond donors (Lipinski definition) is 1. The highest BCUT2D eigenvalue weighted by molar-refractivity contribution is 4.92. The fourth-order valence-corrected chi connectivity index (χ4v) is 2.12. The Morgan fingerprint density at radius 1 is 1.38 bits per heavy atom. The normalized spacial score (nSPS) is 31.2. The Bertz CT molecular complexity index is 171. The van der Waals surface area contributed by atoms with Crippen molar-refractivity contribution in [2.45, 2.75) is 25.3 Å². The summed E-state index contributed by atoms with van der Waals surface area (Å²) in [5, 5.41) is 3.27. The fraction of sp³-hybridized carbons (Fsp3) is 1.00. The maximum absolute atomic E-state index is 12.2. The fourth-order valence-electron chi connectivity index (χ4n) is 2.12. The van der Waals surface area contributed by atoms with E-state index in [1.54, 1.807) is 0 Å². The largest absolute Gasteiger partial charge is 0.314 e. The predicted molar refractivity (Wildman–Crippen MR) is 47.0 cm³/mol. The molecule has 0 amide bonds. The number of rotatable bonds is 3. The predicted octanol–water partition coefficient (Wildman–Crippen LogP) is 0.935. The highest BCUT2D eigenvalue weighted by atomic mass is 19.3. The van der Waals surface area contributed by atoms with E-state index in [-0.39, 0.29) is 6.54 Å². The number of nitrogens with one attached hydrogen (secondary N) is 1. The summed E-state index contributed by atoms with van der Waals surface area (Å²) < 4.78 is 24.4. The molecule has 0 aromatic carbocycles. The monoisotopic (exact) mass is 190 g/mol. The minimum Gasteiger partial charge on any atom is -0.314 e. The van der Waals surface area contributed by atoms with Gasteiger partial charge in [0.05, 0.1) is 6.54 Å². The van der Waals surface area contributed by atoms with E-state index in [9.17, 15) is 8.78 Å². The third-order valence-corrected chi connectivity index (χ3v) is 2.94. The van der Waals surface area contributed by atoms with Crippen molar-refractivity contribution in [3.8, 4) is 0 Å². The van der Waals surface area contributed by atoms with Crippen LogP contribution in [0.15, 0.2) is 0 Å². The highest BCUT2D eigenvalue weighted by Crippen LogP contribution is 2.35. The Kier molecular flexibility index (Phi) is 2.79. The maximum Gasteiger partial charge on any atom is 0.251 e. The summed E-state index contributed by atoms with van der Waals surface area (Å²) in [5.41, 5.74) is 0. The Morgan fingerprint density at radius 2 is 2.15 bits per heavy atom. The molecule has 2 fully saturated rings. The van der Waals surface area contributed by atoms with Crippen LogP contribution in [0.5, 0.6) is 0 Å². The van der Waals surface area contributed by atoms with Crippen molar-refractivity contribution < 1.29 is 8.78 Å². The average Bonchev–Trinajstić information content (AvgIpc) is 2.87. The van der Waals surface area contributed by atoms with Crippen molar-refractivity contribution in [2.24, 2.45) is 5.92 Å². The Balaban J connectivity index is 1.88. The third kappa shape index (κ3) is 2.38. The molecule has 1 heterocycles. The number of nitrogens with zero attached hydrogens (tertiary/aromatic N) is 1. The van der Waals surface area contributed by atoms with Crippen LogP contribution in [0.25, 0.3) is 0 Å². The van der Waals surface area contributed by atoms with Crippen LogP contribution in [0.2, 0.25) is 0 Å². The van der Waals surface area contributed by atoms with E-state index in [2.05, 4.69) is 5.32 Å². The van der Waals surface area contributed by atoms with Gasteiger partial charge in [-0.25, -0.2) is 8.78 Å². The lowest BCUT2D eigenvalue weighted by Gasteiger charge is -2.36. The lowest BCUT2D eigenvalue weighted by molar-refractivity contribution is 0.0483. The van der Waals surface area contributed by atoms with Crippen LogP contribution < -0.4 is 5.32 Å². The van der Waals surface area contributed by atoms with E-state index in [1.807, 2.05) is 4.90 Å². The molecule has 1 saturated heterocycles. The van der Waals surface area contributed by atoms with Gasteiger partial charge in [-0.15, -0.1) is 0 Å². The van der Waals surface area contributed by atoms with Gasteiger partial charge in [0.15, 0.2) is 0 Å². The molecule has 0 bridgehead atoms. The van der Waals surface area contributed by atoms with Gasteiger partial charge < -0.3 is 5.32 Å². The molecule has 1 aliphatic heterocycles. The van der Waals surface area contributed by atoms with E-state index < -0.39 is 6.43 Å². The zero-order valence-electron chi connectivity index (χ0n) is 7.68. The van der Waals surface area contributed by atoms with Gasteiger partial charge in [-0.3, -0.25) is 4.90 Å². The van der Waals surface area contributed by atoms with Crippen LogP contribution in [0.3, 0.4) is 0 Å². The van der Waals surface area contributed by atoms with Gasteiger partial charge in [0.1, 0.15) is 0 Å². The molecule has 76 valence electrons. The molecule has 13 heavy (non-hydrogen) atoms. The molecule has 1 aliphatic carbocycles. The quantitative estimate of drug-likeness (QED) is 0.712. The SMILES string of the molecule is FC(F)CN1CCNCC1C1CC1. The molecule has 1 N–H and O–H groups in total. The summed E-state index contributed by atoms with van der Waals surface area (Å²) in [6.45, 7) is 2.50. The lowest BCUT2D eigenvalue weighted by atomic mass is 10.1. The van der Waals surface area contributed by atoms with E-state index in [1.165, 1.54) is 12.8 Å². The molecule has 0 aromatic rings. The Labute approximate surface area is 77.3 Å². The van der Waals surface area contributed by atoms with Crippen LogP contribution in [0.4, 0.5) is 8.78 Å². The molecule has 1 saturated carbocycles. The second kappa shape index (κ2) is 3.88. The van der Waals surface area contributed by atoms with Gasteiger partial charge in [0.25, 0.3) is 6.43 Å². The number of piperazine rings is 1. The van der Waals surface area contributed by atoms with Crippen molar-refractivity contribution in [3.05, 3.63) is 0 Å². The second-order valence-electron chi connectivity index (χ2n) is 3.99. The smallest absolute Gasteiger partial charge is 0.251 e. The zero-order chi connectivity index (χ0) is 9.26. The zero-order valence-corrected chi connectivity index (χ0v) is 7.68. The van der Waals surface area contributed by atoms with E-state index in [0.717, 1.165) is 19.6 Å². The molecular weight excluding hydrogens is 174 g/mol. The van der Waals surface area contributed by atoms with Crippen LogP contribution in [0.1, 0.15) is 12.8 Å². The van der Waals surface area contributed by atoms with Gasteiger partial charge in [-0.2, -0.15) is 0 Å². The average molecular weight is 190 g/mol. The van der Waals surface area contributed by atoms with Crippen molar-refractivity contribution in [1.29, 1.82) is 0 Å². The maximum atomic E-state index is 12.2. The number of alkyl halides is 2. The summed E-state index contributed by atoms with van der Waals surface area (Å²) in [6.07, 6.45) is 0.275. The topological polar surface area (TPSA) is 15.3 Å². The first-order chi connectivity index (χ1) is 6.27. The summed E-state index contributed by atoms with van der Waals surface area (Å²) >= 11 is 0. The summed E-state index contributed by atoms with van der Waals surface area (Å²) in [7, 11) is 0. The van der Waals surface area contributed by atoms with Gasteiger partial charge in [0, 0.05) is 25.7 Å². The third-order valence-electron chi connectivity index (χ3n) is 2.94. The first-order valence-corrected chi connectivity index (χ1v) is 5.00. The molecule has 1 atom stereocenters. The van der Waals surface area contributed by atoms with E-state index >= 15 is 0 Å². The molecule has 0 aromatic heterocycles. The molecule has 0 spiro atoms. The van der Waals surface area contributed by atoms with Crippen LogP contribution >= 0.6 is 0 Å². The Hall–Kier alpha value is -0.220. The molecule has 2 rings (SSSR count). The molecule has 2 nitrogen and oxygen atoms in total. The number of halogens is 2. The summed E-state index contributed by atoms with van der Waals surface area (Å²) in [6, 6.07) is 0.378. The molecule has 4 heteroatoms. The highest BCUT2D eigenvalue weighted by Gasteiger charge is 2.37. The van der Waals surface area contributed by atoms with E-state index in [0.29, 0.717) is 12.0 Å². The lowest BCUT2D eigenvalue weighted by Crippen LogP contribution is -2.53. The summed E-state index contributed by atoms with van der Waals surface area (Å²) in [4.78, 5) is 1.96. The van der Waals surface area contributed by atoms with Gasteiger partial charge in [-0.05, 0) is 18.8 Å². The van der Waals surface area contributed by atoms with Crippen molar-refractivity contribution in [3.63, 3.8) is 0 Å². The molecule has 0 radical (unpaired) electrons. The van der Waals surface area contributed by atoms with Crippen molar-refractivity contribution in [2.75, 3.05) is 26.2 Å². The minimum absolute atomic E-state index is 0.0388. The van der Waals surface area contributed by atoms with Gasteiger partial charge >= 0.3 is 0 Å². The molecular formula is C9H16F2N2. The first kappa shape index (κ1) is 9.34. The van der Waals surface area contributed by atoms with Crippen molar-refractivity contribution in [1.82, 2.24) is 10.2 Å². The van der Waals surface area contributed by atoms with Crippen LogP contribution in [-0.2, 0) is 0 Å². The standard InChI is InChI=1S/C9H16F2N2/c10-9(11)6-13-4-3-12-5-8(13)7-1-2-7/h7-9,12H,1-6H2. The Morgan fingerprint density at radius 3 is 2.77 bits per heavy atom. The van der Waals surface area contributed by atoms with Gasteiger partial charge in [-0.1, -0.05) is 0 Å².